The van der Waals surface area contributed by atoms with Crippen LogP contribution >= 0.6 is 0 Å². The van der Waals surface area contributed by atoms with Crippen LogP contribution in [-0.4, -0.2) is 19.5 Å². The number of fused-ring (bicyclic) bond motifs is 5. The zero-order valence-electron chi connectivity index (χ0n) is 20.2. The van der Waals surface area contributed by atoms with Gasteiger partial charge in [0.25, 0.3) is 0 Å². The molecule has 36 heavy (non-hydrogen) atoms. The molecule has 0 unspecified atom stereocenters. The molecule has 4 nitrogen and oxygen atoms in total. The van der Waals surface area contributed by atoms with E-state index >= 15 is 0 Å². The van der Waals surface area contributed by atoms with Crippen LogP contribution in [0.2, 0.25) is 0 Å². The van der Waals surface area contributed by atoms with Gasteiger partial charge >= 0.3 is 0 Å². The van der Waals surface area contributed by atoms with Crippen LogP contribution in [0.5, 0.6) is 0 Å². The second-order valence-electron chi connectivity index (χ2n) is 9.78. The SMILES string of the molecule is CC1(C)c2cccc(-c3nc(-c4ccccc4)cc(-c4ccccc4)n3)c2-n2c1nc1ccccc12. The monoisotopic (exact) mass is 464 g/mol. The molecular formula is C32H24N4. The van der Waals surface area contributed by atoms with Gasteiger partial charge in [-0.3, -0.25) is 4.57 Å². The number of para-hydroxylation sites is 3. The van der Waals surface area contributed by atoms with Crippen LogP contribution in [-0.2, 0) is 5.41 Å². The molecule has 0 atom stereocenters. The van der Waals surface area contributed by atoms with Gasteiger partial charge in [0.1, 0.15) is 5.82 Å². The van der Waals surface area contributed by atoms with E-state index < -0.39 is 0 Å². The second kappa shape index (κ2) is 7.72. The van der Waals surface area contributed by atoms with Crippen molar-refractivity contribution in [3.8, 4) is 39.6 Å². The van der Waals surface area contributed by atoms with E-state index in [2.05, 4.69) is 85.1 Å². The van der Waals surface area contributed by atoms with E-state index in [4.69, 9.17) is 15.0 Å². The zero-order valence-corrected chi connectivity index (χ0v) is 20.2. The van der Waals surface area contributed by atoms with Gasteiger partial charge in [-0.25, -0.2) is 15.0 Å². The predicted octanol–water partition coefficient (Wildman–Crippen LogP) is 7.46. The molecule has 1 aliphatic rings. The van der Waals surface area contributed by atoms with Crippen molar-refractivity contribution in [3.63, 3.8) is 0 Å². The van der Waals surface area contributed by atoms with E-state index in [-0.39, 0.29) is 5.41 Å². The highest BCUT2D eigenvalue weighted by atomic mass is 15.1. The maximum absolute atomic E-state index is 5.12. The lowest BCUT2D eigenvalue weighted by atomic mass is 9.84. The Kier molecular flexibility index (Phi) is 4.45. The summed E-state index contributed by atoms with van der Waals surface area (Å²) in [7, 11) is 0. The van der Waals surface area contributed by atoms with Crippen LogP contribution in [0, 0.1) is 0 Å². The van der Waals surface area contributed by atoms with Crippen LogP contribution in [0.1, 0.15) is 25.2 Å². The lowest BCUT2D eigenvalue weighted by Gasteiger charge is -2.18. The standard InChI is InChI=1S/C32H24N4/c1-32(2)24-17-11-16-23(29(24)36-28-19-10-9-18-25(28)35-31(32)36)30-33-26(21-12-5-3-6-13-21)20-27(34-30)22-14-7-4-8-15-22/h3-20H,1-2H3. The van der Waals surface area contributed by atoms with E-state index in [0.29, 0.717) is 5.82 Å². The number of imidazole rings is 1. The first-order chi connectivity index (χ1) is 17.6. The molecule has 2 aromatic heterocycles. The third-order valence-corrected chi connectivity index (χ3v) is 7.16. The molecule has 4 heteroatoms. The van der Waals surface area contributed by atoms with Gasteiger partial charge in [0, 0.05) is 16.7 Å². The Balaban J connectivity index is 1.53. The smallest absolute Gasteiger partial charge is 0.162 e. The first-order valence-electron chi connectivity index (χ1n) is 12.2. The fourth-order valence-corrected chi connectivity index (χ4v) is 5.34. The molecule has 0 radical (unpaired) electrons. The molecule has 7 rings (SSSR count). The Bertz CT molecular complexity index is 1690. The molecule has 0 N–H and O–H groups in total. The van der Waals surface area contributed by atoms with Gasteiger partial charge in [-0.2, -0.15) is 0 Å². The molecule has 1 aliphatic heterocycles. The number of hydrogen-bond acceptors (Lipinski definition) is 3. The largest absolute Gasteiger partial charge is 0.294 e. The second-order valence-corrected chi connectivity index (χ2v) is 9.78. The zero-order chi connectivity index (χ0) is 24.3. The summed E-state index contributed by atoms with van der Waals surface area (Å²) in [4.78, 5) is 15.3. The van der Waals surface area contributed by atoms with Crippen molar-refractivity contribution in [2.45, 2.75) is 19.3 Å². The minimum Gasteiger partial charge on any atom is -0.294 e. The molecule has 0 fully saturated rings. The van der Waals surface area contributed by atoms with Crippen molar-refractivity contribution in [2.75, 3.05) is 0 Å². The molecule has 4 aromatic carbocycles. The lowest BCUT2D eigenvalue weighted by molar-refractivity contribution is 0.621. The van der Waals surface area contributed by atoms with Crippen molar-refractivity contribution in [3.05, 3.63) is 121 Å². The fourth-order valence-electron chi connectivity index (χ4n) is 5.34. The molecule has 3 heterocycles. The summed E-state index contributed by atoms with van der Waals surface area (Å²) in [6.45, 7) is 4.49. The Morgan fingerprint density at radius 3 is 1.89 bits per heavy atom. The van der Waals surface area contributed by atoms with E-state index in [1.807, 2.05) is 42.5 Å². The van der Waals surface area contributed by atoms with Crippen molar-refractivity contribution in [1.29, 1.82) is 0 Å². The highest BCUT2D eigenvalue weighted by molar-refractivity contribution is 5.86. The minimum absolute atomic E-state index is 0.232. The van der Waals surface area contributed by atoms with E-state index in [9.17, 15) is 0 Å². The van der Waals surface area contributed by atoms with E-state index in [1.165, 1.54) is 5.56 Å². The molecule has 0 saturated carbocycles. The third kappa shape index (κ3) is 3.04. The Hall–Kier alpha value is -4.57. The molecule has 0 aliphatic carbocycles. The molecule has 0 bridgehead atoms. The maximum Gasteiger partial charge on any atom is 0.162 e. The van der Waals surface area contributed by atoms with Crippen LogP contribution in [0.4, 0.5) is 0 Å². The van der Waals surface area contributed by atoms with Gasteiger partial charge in [-0.1, -0.05) is 84.9 Å². The van der Waals surface area contributed by atoms with Crippen molar-refractivity contribution < 1.29 is 0 Å². The lowest BCUT2D eigenvalue weighted by Crippen LogP contribution is -2.16. The molecular weight excluding hydrogens is 440 g/mol. The third-order valence-electron chi connectivity index (χ3n) is 7.16. The number of hydrogen-bond donors (Lipinski definition) is 0. The van der Waals surface area contributed by atoms with Gasteiger partial charge < -0.3 is 0 Å². The normalized spacial score (nSPS) is 13.5. The van der Waals surface area contributed by atoms with Gasteiger partial charge in [-0.05, 0) is 43.7 Å². The summed E-state index contributed by atoms with van der Waals surface area (Å²) >= 11 is 0. The Morgan fingerprint density at radius 1 is 0.611 bits per heavy atom. The average molecular weight is 465 g/mol. The molecule has 6 aromatic rings. The Labute approximate surface area is 210 Å². The first kappa shape index (κ1) is 20.8. The van der Waals surface area contributed by atoms with Crippen molar-refractivity contribution in [1.82, 2.24) is 19.5 Å². The summed E-state index contributed by atoms with van der Waals surface area (Å²) < 4.78 is 2.31. The minimum atomic E-state index is -0.232. The fraction of sp³-hybridized carbons (Fsp3) is 0.0938. The molecule has 0 amide bonds. The highest BCUT2D eigenvalue weighted by Gasteiger charge is 2.40. The van der Waals surface area contributed by atoms with Gasteiger partial charge in [0.15, 0.2) is 5.82 Å². The van der Waals surface area contributed by atoms with Crippen molar-refractivity contribution >= 4 is 11.0 Å². The molecule has 0 spiro atoms. The summed E-state index contributed by atoms with van der Waals surface area (Å²) in [5.74, 6) is 1.77. The molecule has 0 saturated heterocycles. The van der Waals surface area contributed by atoms with E-state index in [0.717, 1.165) is 50.6 Å². The van der Waals surface area contributed by atoms with E-state index in [1.54, 1.807) is 0 Å². The topological polar surface area (TPSA) is 43.6 Å². The Morgan fingerprint density at radius 2 is 1.22 bits per heavy atom. The van der Waals surface area contributed by atoms with Crippen LogP contribution in [0.15, 0.2) is 109 Å². The van der Waals surface area contributed by atoms with Crippen LogP contribution < -0.4 is 0 Å². The number of rotatable bonds is 3. The van der Waals surface area contributed by atoms with Crippen molar-refractivity contribution in [2.24, 2.45) is 0 Å². The van der Waals surface area contributed by atoms with Gasteiger partial charge in [0.2, 0.25) is 0 Å². The summed E-state index contributed by atoms with van der Waals surface area (Å²) in [5.41, 5.74) is 9.20. The quantitative estimate of drug-likeness (QED) is 0.273. The highest BCUT2D eigenvalue weighted by Crippen LogP contribution is 2.47. The average Bonchev–Trinajstić information content (AvgIpc) is 3.43. The van der Waals surface area contributed by atoms with Gasteiger partial charge in [-0.15, -0.1) is 0 Å². The number of aromatic nitrogens is 4. The first-order valence-corrected chi connectivity index (χ1v) is 12.2. The van der Waals surface area contributed by atoms with Gasteiger partial charge in [0.05, 0.1) is 33.5 Å². The number of benzene rings is 4. The summed E-state index contributed by atoms with van der Waals surface area (Å²) in [5, 5.41) is 0. The summed E-state index contributed by atoms with van der Waals surface area (Å²) in [6.07, 6.45) is 0. The summed E-state index contributed by atoms with van der Waals surface area (Å²) in [6, 6.07) is 37.5. The van der Waals surface area contributed by atoms with Crippen LogP contribution in [0.3, 0.4) is 0 Å². The predicted molar refractivity (Wildman–Crippen MR) is 145 cm³/mol. The molecule has 172 valence electrons. The maximum atomic E-state index is 5.12. The van der Waals surface area contributed by atoms with Crippen LogP contribution in [0.25, 0.3) is 50.6 Å². The number of nitrogens with zero attached hydrogens (tertiary/aromatic N) is 4.